The molecule has 0 aliphatic carbocycles. The number of carbonyl (C=O) groups is 2. The summed E-state index contributed by atoms with van der Waals surface area (Å²) in [7, 11) is 0. The highest BCUT2D eigenvalue weighted by atomic mass is 35.5. The van der Waals surface area contributed by atoms with E-state index in [0.717, 1.165) is 11.1 Å². The van der Waals surface area contributed by atoms with Crippen LogP contribution >= 0.6 is 11.6 Å². The molecule has 0 bridgehead atoms. The van der Waals surface area contributed by atoms with Crippen LogP contribution in [0.2, 0.25) is 5.02 Å². The van der Waals surface area contributed by atoms with Crippen LogP contribution in [0.25, 0.3) is 0 Å². The van der Waals surface area contributed by atoms with Crippen LogP contribution < -0.4 is 16.4 Å². The van der Waals surface area contributed by atoms with E-state index < -0.39 is 6.03 Å². The Balaban J connectivity index is 2.00. The Morgan fingerprint density at radius 2 is 1.78 bits per heavy atom. The zero-order valence-electron chi connectivity index (χ0n) is 12.7. The average Bonchev–Trinajstić information content (AvgIpc) is 2.53. The largest absolute Gasteiger partial charge is 0.352 e. The van der Waals surface area contributed by atoms with Crippen molar-refractivity contribution in [1.29, 1.82) is 0 Å². The van der Waals surface area contributed by atoms with E-state index in [9.17, 15) is 9.59 Å². The number of carbonyl (C=O) groups excluding carboxylic acids is 2. The molecule has 1 atom stereocenters. The van der Waals surface area contributed by atoms with Crippen molar-refractivity contribution in [1.82, 2.24) is 10.6 Å². The zero-order chi connectivity index (χ0) is 16.8. The molecule has 2 aromatic rings. The lowest BCUT2D eigenvalue weighted by atomic mass is 10.1. The zero-order valence-corrected chi connectivity index (χ0v) is 13.4. The quantitative estimate of drug-likeness (QED) is 0.786. The molecule has 3 amide bonds. The molecular weight excluding hydrogens is 314 g/mol. The molecule has 0 unspecified atom stereocenters. The van der Waals surface area contributed by atoms with Gasteiger partial charge in [-0.3, -0.25) is 4.79 Å². The fourth-order valence-electron chi connectivity index (χ4n) is 2.15. The van der Waals surface area contributed by atoms with Crippen molar-refractivity contribution < 1.29 is 9.59 Å². The minimum atomic E-state index is -0.583. The van der Waals surface area contributed by atoms with E-state index in [1.54, 1.807) is 30.3 Å². The number of hydrogen-bond donors (Lipinski definition) is 3. The molecule has 2 rings (SSSR count). The Morgan fingerprint density at radius 1 is 1.13 bits per heavy atom. The van der Waals surface area contributed by atoms with Crippen molar-refractivity contribution in [3.63, 3.8) is 0 Å². The summed E-state index contributed by atoms with van der Waals surface area (Å²) in [6.45, 7) is 2.21. The fourth-order valence-corrected chi connectivity index (χ4v) is 2.45. The first-order valence-corrected chi connectivity index (χ1v) is 7.52. The van der Waals surface area contributed by atoms with Crippen LogP contribution in [0.1, 0.15) is 34.5 Å². The van der Waals surface area contributed by atoms with Crippen molar-refractivity contribution >= 4 is 23.5 Å². The van der Waals surface area contributed by atoms with E-state index in [-0.39, 0.29) is 11.9 Å². The van der Waals surface area contributed by atoms with Gasteiger partial charge in [-0.2, -0.15) is 0 Å². The Morgan fingerprint density at radius 3 is 2.39 bits per heavy atom. The third-order valence-corrected chi connectivity index (χ3v) is 3.75. The van der Waals surface area contributed by atoms with Crippen LogP contribution in [-0.4, -0.2) is 11.9 Å². The molecule has 2 aromatic carbocycles. The van der Waals surface area contributed by atoms with Crippen molar-refractivity contribution in [2.75, 3.05) is 0 Å². The van der Waals surface area contributed by atoms with Crippen LogP contribution in [0, 0.1) is 0 Å². The van der Waals surface area contributed by atoms with E-state index in [0.29, 0.717) is 17.1 Å². The van der Waals surface area contributed by atoms with Crippen LogP contribution in [0.15, 0.2) is 48.5 Å². The molecule has 4 N–H and O–H groups in total. The number of nitrogens with one attached hydrogen (secondary N) is 2. The monoisotopic (exact) mass is 331 g/mol. The molecule has 5 nitrogen and oxygen atoms in total. The highest BCUT2D eigenvalue weighted by Crippen LogP contribution is 2.22. The molecule has 0 radical (unpaired) electrons. The molecule has 0 saturated carbocycles. The summed E-state index contributed by atoms with van der Waals surface area (Å²) in [6, 6.07) is 13.6. The van der Waals surface area contributed by atoms with Gasteiger partial charge in [-0.05, 0) is 36.2 Å². The summed E-state index contributed by atoms with van der Waals surface area (Å²) >= 11 is 6.13. The molecule has 6 heteroatoms. The number of primary amides is 1. The molecular formula is C17H18ClN3O2. The van der Waals surface area contributed by atoms with Gasteiger partial charge in [-0.15, -0.1) is 0 Å². The Hall–Kier alpha value is -2.53. The maximum absolute atomic E-state index is 12.3. The first-order chi connectivity index (χ1) is 11.0. The first-order valence-electron chi connectivity index (χ1n) is 7.15. The lowest BCUT2D eigenvalue weighted by Crippen LogP contribution is -2.29. The molecule has 120 valence electrons. The lowest BCUT2D eigenvalue weighted by molar-refractivity contribution is 0.0940. The van der Waals surface area contributed by atoms with Gasteiger partial charge in [0.25, 0.3) is 5.91 Å². The van der Waals surface area contributed by atoms with Gasteiger partial charge < -0.3 is 16.4 Å². The lowest BCUT2D eigenvalue weighted by Gasteiger charge is -2.16. The Kier molecular flexibility index (Phi) is 5.60. The van der Waals surface area contributed by atoms with Gasteiger partial charge in [0.2, 0.25) is 0 Å². The number of halogens is 1. The van der Waals surface area contributed by atoms with Gasteiger partial charge in [0.1, 0.15) is 0 Å². The third kappa shape index (κ3) is 4.72. The van der Waals surface area contributed by atoms with Gasteiger partial charge in [0.15, 0.2) is 0 Å². The van der Waals surface area contributed by atoms with Gasteiger partial charge in [0, 0.05) is 17.1 Å². The number of urea groups is 1. The van der Waals surface area contributed by atoms with Gasteiger partial charge in [-0.1, -0.05) is 41.9 Å². The second-order valence-electron chi connectivity index (χ2n) is 5.13. The van der Waals surface area contributed by atoms with Crippen molar-refractivity contribution in [3.05, 3.63) is 70.2 Å². The summed E-state index contributed by atoms with van der Waals surface area (Å²) in [5.41, 5.74) is 7.28. The minimum Gasteiger partial charge on any atom is -0.352 e. The van der Waals surface area contributed by atoms with Crippen molar-refractivity contribution in [2.45, 2.75) is 19.5 Å². The normalized spacial score (nSPS) is 11.6. The van der Waals surface area contributed by atoms with Crippen LogP contribution in [-0.2, 0) is 6.54 Å². The topological polar surface area (TPSA) is 84.2 Å². The Bertz CT molecular complexity index is 701. The first kappa shape index (κ1) is 16.8. The smallest absolute Gasteiger partial charge is 0.312 e. The van der Waals surface area contributed by atoms with Crippen molar-refractivity contribution in [2.24, 2.45) is 5.73 Å². The molecule has 0 heterocycles. The van der Waals surface area contributed by atoms with Gasteiger partial charge >= 0.3 is 6.03 Å². The predicted octanol–water partition coefficient (Wildman–Crippen LogP) is 3.00. The number of hydrogen-bond acceptors (Lipinski definition) is 2. The number of amides is 3. The predicted molar refractivity (Wildman–Crippen MR) is 90.2 cm³/mol. The number of benzene rings is 2. The third-order valence-electron chi connectivity index (χ3n) is 3.40. The van der Waals surface area contributed by atoms with Crippen LogP contribution in [0.4, 0.5) is 4.79 Å². The van der Waals surface area contributed by atoms with Gasteiger partial charge in [0.05, 0.1) is 6.04 Å². The highest BCUT2D eigenvalue weighted by Gasteiger charge is 2.13. The summed E-state index contributed by atoms with van der Waals surface area (Å²) in [4.78, 5) is 22.9. The molecule has 0 fully saturated rings. The van der Waals surface area contributed by atoms with Gasteiger partial charge in [-0.25, -0.2) is 4.79 Å². The molecule has 0 aliphatic heterocycles. The average molecular weight is 332 g/mol. The molecule has 0 aliphatic rings. The van der Waals surface area contributed by atoms with E-state index in [2.05, 4.69) is 10.6 Å². The molecule has 0 aromatic heterocycles. The van der Waals surface area contributed by atoms with Crippen LogP contribution in [0.5, 0.6) is 0 Å². The van der Waals surface area contributed by atoms with Crippen molar-refractivity contribution in [3.8, 4) is 0 Å². The van der Waals surface area contributed by atoms with E-state index in [1.807, 2.05) is 25.1 Å². The SMILES string of the molecule is C[C@H](NC(=O)c1ccc(CNC(N)=O)cc1)c1ccccc1Cl. The highest BCUT2D eigenvalue weighted by molar-refractivity contribution is 6.31. The molecule has 0 saturated heterocycles. The molecule has 23 heavy (non-hydrogen) atoms. The summed E-state index contributed by atoms with van der Waals surface area (Å²) in [5, 5.41) is 6.02. The second-order valence-corrected chi connectivity index (χ2v) is 5.54. The summed E-state index contributed by atoms with van der Waals surface area (Å²) < 4.78 is 0. The maximum atomic E-state index is 12.3. The van der Waals surface area contributed by atoms with E-state index >= 15 is 0 Å². The fraction of sp³-hybridized carbons (Fsp3) is 0.176. The molecule has 0 spiro atoms. The maximum Gasteiger partial charge on any atom is 0.312 e. The second kappa shape index (κ2) is 7.65. The number of rotatable bonds is 5. The summed E-state index contributed by atoms with van der Waals surface area (Å²) in [5.74, 6) is -0.188. The standard InChI is InChI=1S/C17H18ClN3O2/c1-11(14-4-2-3-5-15(14)18)21-16(22)13-8-6-12(7-9-13)10-20-17(19)23/h2-9,11H,10H2,1H3,(H,21,22)(H3,19,20,23)/t11-/m0/s1. The Labute approximate surface area is 139 Å². The minimum absolute atomic E-state index is 0.188. The van der Waals surface area contributed by atoms with E-state index in [4.69, 9.17) is 17.3 Å². The van der Waals surface area contributed by atoms with Crippen LogP contribution in [0.3, 0.4) is 0 Å². The summed E-state index contributed by atoms with van der Waals surface area (Å²) in [6.07, 6.45) is 0. The number of nitrogens with two attached hydrogens (primary N) is 1. The van der Waals surface area contributed by atoms with E-state index in [1.165, 1.54) is 0 Å².